The van der Waals surface area contributed by atoms with Gasteiger partial charge in [-0.05, 0) is 68.7 Å². The zero-order chi connectivity index (χ0) is 20.1. The molecule has 0 radical (unpaired) electrons. The second-order valence-electron chi connectivity index (χ2n) is 7.35. The van der Waals surface area contributed by atoms with Crippen molar-refractivity contribution < 1.29 is 18.0 Å². The van der Waals surface area contributed by atoms with Crippen molar-refractivity contribution in [2.24, 2.45) is 0 Å². The average molecular weight is 406 g/mol. The summed E-state index contributed by atoms with van der Waals surface area (Å²) in [5, 5.41) is 5.26. The summed E-state index contributed by atoms with van der Waals surface area (Å²) < 4.78 is 25.2. The molecule has 2 N–H and O–H groups in total. The molecule has 0 fully saturated rings. The number of anilines is 2. The summed E-state index contributed by atoms with van der Waals surface area (Å²) in [6.45, 7) is 0.905. The van der Waals surface area contributed by atoms with Crippen LogP contribution in [-0.2, 0) is 26.0 Å². The Bertz CT molecular complexity index is 893. The molecule has 2 aliphatic rings. The van der Waals surface area contributed by atoms with E-state index >= 15 is 0 Å². The molecule has 0 saturated heterocycles. The van der Waals surface area contributed by atoms with Crippen LogP contribution in [0.4, 0.5) is 11.4 Å². The van der Waals surface area contributed by atoms with E-state index < -0.39 is 21.8 Å². The van der Waals surface area contributed by atoms with Crippen LogP contribution in [0.3, 0.4) is 0 Å². The maximum absolute atomic E-state index is 12.1. The lowest BCUT2D eigenvalue weighted by Crippen LogP contribution is -2.36. The number of allylic oxidation sites excluding steroid dienone is 1. The highest BCUT2D eigenvalue weighted by molar-refractivity contribution is 7.92. The average Bonchev–Trinajstić information content (AvgIpc) is 2.67. The number of hydrogen-bond acceptors (Lipinski definition) is 4. The summed E-state index contributed by atoms with van der Waals surface area (Å²) in [5.74, 6) is -1.37. The molecule has 1 heterocycles. The van der Waals surface area contributed by atoms with E-state index in [0.29, 0.717) is 30.9 Å². The number of sulfonamides is 1. The van der Waals surface area contributed by atoms with Gasteiger partial charge in [-0.15, -0.1) is 0 Å². The molecular formula is C20H27N3O4S. The molecule has 1 aliphatic carbocycles. The number of nitrogens with one attached hydrogen (secondary N) is 2. The van der Waals surface area contributed by atoms with Gasteiger partial charge < -0.3 is 10.6 Å². The first kappa shape index (κ1) is 20.4. The molecule has 8 heteroatoms. The van der Waals surface area contributed by atoms with Gasteiger partial charge in [-0.25, -0.2) is 8.42 Å². The van der Waals surface area contributed by atoms with Crippen molar-refractivity contribution in [3.05, 3.63) is 35.4 Å². The minimum atomic E-state index is -3.33. The topological polar surface area (TPSA) is 95.6 Å². The third-order valence-corrected chi connectivity index (χ3v) is 6.32. The number of hydrogen-bond donors (Lipinski definition) is 2. The van der Waals surface area contributed by atoms with Crippen LogP contribution in [0.25, 0.3) is 0 Å². The van der Waals surface area contributed by atoms with Crippen molar-refractivity contribution in [3.8, 4) is 0 Å². The zero-order valence-corrected chi connectivity index (χ0v) is 17.0. The first-order valence-corrected chi connectivity index (χ1v) is 11.6. The van der Waals surface area contributed by atoms with Gasteiger partial charge in [0.15, 0.2) is 0 Å². The molecule has 0 aromatic heterocycles. The number of amides is 2. The van der Waals surface area contributed by atoms with Gasteiger partial charge in [0.05, 0.1) is 11.9 Å². The molecule has 0 spiro atoms. The summed E-state index contributed by atoms with van der Waals surface area (Å²) in [6, 6.07) is 5.05. The van der Waals surface area contributed by atoms with Crippen molar-refractivity contribution in [2.45, 2.75) is 44.9 Å². The van der Waals surface area contributed by atoms with Crippen LogP contribution in [-0.4, -0.2) is 39.6 Å². The minimum Gasteiger partial charge on any atom is -0.348 e. The van der Waals surface area contributed by atoms with Gasteiger partial charge in [-0.2, -0.15) is 0 Å². The van der Waals surface area contributed by atoms with Crippen LogP contribution in [0.1, 0.15) is 44.1 Å². The molecule has 28 heavy (non-hydrogen) atoms. The lowest BCUT2D eigenvalue weighted by Gasteiger charge is -2.29. The van der Waals surface area contributed by atoms with E-state index in [1.165, 1.54) is 29.0 Å². The first-order valence-electron chi connectivity index (χ1n) is 9.72. The molecular weight excluding hydrogens is 378 g/mol. The Labute approximate surface area is 166 Å². The molecule has 0 bridgehead atoms. The molecule has 3 rings (SSSR count). The van der Waals surface area contributed by atoms with E-state index in [0.717, 1.165) is 31.2 Å². The summed E-state index contributed by atoms with van der Waals surface area (Å²) in [6.07, 6.45) is 10.2. The van der Waals surface area contributed by atoms with E-state index in [1.54, 1.807) is 18.2 Å². The molecule has 0 saturated carbocycles. The Balaban J connectivity index is 1.56. The molecule has 0 atom stereocenters. The highest BCUT2D eigenvalue weighted by atomic mass is 32.2. The number of nitrogens with zero attached hydrogens (tertiary/aromatic N) is 1. The number of carbonyl (C=O) groups excluding carboxylic acids is 2. The van der Waals surface area contributed by atoms with Crippen LogP contribution >= 0.6 is 0 Å². The van der Waals surface area contributed by atoms with Crippen LogP contribution in [0.15, 0.2) is 29.8 Å². The quantitative estimate of drug-likeness (QED) is 0.581. The van der Waals surface area contributed by atoms with Crippen molar-refractivity contribution in [1.82, 2.24) is 5.32 Å². The van der Waals surface area contributed by atoms with E-state index in [-0.39, 0.29) is 0 Å². The summed E-state index contributed by atoms with van der Waals surface area (Å²) >= 11 is 0. The highest BCUT2D eigenvalue weighted by Gasteiger charge is 2.24. The summed E-state index contributed by atoms with van der Waals surface area (Å²) in [7, 11) is -3.33. The Morgan fingerprint density at radius 2 is 1.93 bits per heavy atom. The summed E-state index contributed by atoms with van der Waals surface area (Å²) in [5.41, 5.74) is 3.32. The number of rotatable bonds is 5. The van der Waals surface area contributed by atoms with Gasteiger partial charge in [0.2, 0.25) is 10.0 Å². The number of aryl methyl sites for hydroxylation is 1. The van der Waals surface area contributed by atoms with Gasteiger partial charge >= 0.3 is 11.8 Å². The maximum Gasteiger partial charge on any atom is 0.313 e. The fraction of sp³-hybridized carbons (Fsp3) is 0.500. The smallest absolute Gasteiger partial charge is 0.313 e. The predicted molar refractivity (Wildman–Crippen MR) is 110 cm³/mol. The monoisotopic (exact) mass is 405 g/mol. The predicted octanol–water partition coefficient (Wildman–Crippen LogP) is 2.34. The molecule has 2 amide bonds. The van der Waals surface area contributed by atoms with Gasteiger partial charge in [0, 0.05) is 18.8 Å². The maximum atomic E-state index is 12.1. The van der Waals surface area contributed by atoms with E-state index in [4.69, 9.17) is 0 Å². The minimum absolute atomic E-state index is 0.450. The van der Waals surface area contributed by atoms with Gasteiger partial charge in [0.1, 0.15) is 0 Å². The third-order valence-electron chi connectivity index (χ3n) is 5.14. The van der Waals surface area contributed by atoms with Crippen molar-refractivity contribution in [2.75, 3.05) is 29.0 Å². The second-order valence-corrected chi connectivity index (χ2v) is 9.26. The van der Waals surface area contributed by atoms with Crippen molar-refractivity contribution in [1.29, 1.82) is 0 Å². The molecule has 1 aromatic rings. The van der Waals surface area contributed by atoms with Gasteiger partial charge in [0.25, 0.3) is 0 Å². The van der Waals surface area contributed by atoms with E-state index in [2.05, 4.69) is 16.7 Å². The Kier molecular flexibility index (Phi) is 6.39. The number of fused-ring (bicyclic) bond motifs is 1. The lowest BCUT2D eigenvalue weighted by atomic mass is 9.97. The number of benzene rings is 1. The van der Waals surface area contributed by atoms with Crippen LogP contribution in [0.5, 0.6) is 0 Å². The largest absolute Gasteiger partial charge is 0.348 e. The van der Waals surface area contributed by atoms with Crippen molar-refractivity contribution in [3.63, 3.8) is 0 Å². The zero-order valence-electron chi connectivity index (χ0n) is 16.2. The van der Waals surface area contributed by atoms with Gasteiger partial charge in [-0.3, -0.25) is 13.9 Å². The molecule has 1 aromatic carbocycles. The molecule has 7 nitrogen and oxygen atoms in total. The second kappa shape index (κ2) is 8.77. The van der Waals surface area contributed by atoms with Crippen LogP contribution in [0.2, 0.25) is 0 Å². The molecule has 152 valence electrons. The van der Waals surface area contributed by atoms with Crippen molar-refractivity contribution >= 4 is 33.2 Å². The Morgan fingerprint density at radius 1 is 1.11 bits per heavy atom. The fourth-order valence-corrected chi connectivity index (χ4v) is 4.72. The third kappa shape index (κ3) is 5.13. The number of carbonyl (C=O) groups is 2. The van der Waals surface area contributed by atoms with E-state index in [9.17, 15) is 18.0 Å². The highest BCUT2D eigenvalue weighted by Crippen LogP contribution is 2.31. The SMILES string of the molecule is CS(=O)(=O)N1CCCc2cc(NC(=O)C(=O)NCCC3=CCCCC3)ccc21. The van der Waals surface area contributed by atoms with Gasteiger partial charge in [-0.1, -0.05) is 11.6 Å². The fourth-order valence-electron chi connectivity index (χ4n) is 3.72. The molecule has 1 aliphatic heterocycles. The standard InChI is InChI=1S/C20H27N3O4S/c1-28(26,27)23-13-5-8-16-14-17(9-10-18(16)23)22-20(25)19(24)21-12-11-15-6-3-2-4-7-15/h6,9-10,14H,2-5,7-8,11-13H2,1H3,(H,21,24)(H,22,25). The normalized spacial score (nSPS) is 16.8. The van der Waals surface area contributed by atoms with Crippen LogP contribution < -0.4 is 14.9 Å². The lowest BCUT2D eigenvalue weighted by molar-refractivity contribution is -0.136. The van der Waals surface area contributed by atoms with Crippen LogP contribution in [0, 0.1) is 0 Å². The Hall–Kier alpha value is -2.35. The Morgan fingerprint density at radius 3 is 2.64 bits per heavy atom. The van der Waals surface area contributed by atoms with E-state index in [1.807, 2.05) is 0 Å². The summed E-state index contributed by atoms with van der Waals surface area (Å²) in [4.78, 5) is 24.2. The molecule has 0 unspecified atom stereocenters. The first-order chi connectivity index (χ1) is 13.3.